The number of esters is 1. The number of terminal acetylenes is 1. The molecule has 1 saturated heterocycles. The third-order valence-electron chi connectivity index (χ3n) is 2.89. The van der Waals surface area contributed by atoms with E-state index in [0.29, 0.717) is 15.0 Å². The van der Waals surface area contributed by atoms with Crippen molar-refractivity contribution < 1.29 is 19.1 Å². The molecule has 0 atom stereocenters. The van der Waals surface area contributed by atoms with E-state index >= 15 is 0 Å². The molecule has 0 N–H and O–H groups in total. The average Bonchev–Trinajstić information content (AvgIpc) is 2.81. The zero-order valence-electron chi connectivity index (χ0n) is 12.3. The van der Waals surface area contributed by atoms with E-state index in [1.54, 1.807) is 30.3 Å². The third kappa shape index (κ3) is 4.34. The van der Waals surface area contributed by atoms with Gasteiger partial charge in [-0.1, -0.05) is 42.0 Å². The smallest absolute Gasteiger partial charge is 0.325 e. The molecule has 23 heavy (non-hydrogen) atoms. The van der Waals surface area contributed by atoms with E-state index in [2.05, 4.69) is 10.7 Å². The second-order valence-electron chi connectivity index (χ2n) is 4.41. The molecule has 1 aliphatic rings. The number of benzene rings is 1. The van der Waals surface area contributed by atoms with Crippen LogP contribution >= 0.6 is 24.0 Å². The minimum Gasteiger partial charge on any atom is -0.481 e. The highest BCUT2D eigenvalue weighted by molar-refractivity contribution is 8.26. The summed E-state index contributed by atoms with van der Waals surface area (Å²) in [4.78, 5) is 25.3. The Balaban J connectivity index is 2.11. The van der Waals surface area contributed by atoms with Gasteiger partial charge in [-0.2, -0.15) is 0 Å². The van der Waals surface area contributed by atoms with Crippen LogP contribution in [0, 0.1) is 12.3 Å². The fraction of sp³-hybridized carbons (Fsp3) is 0.188. The Labute approximate surface area is 143 Å². The van der Waals surface area contributed by atoms with Gasteiger partial charge in [0, 0.05) is 0 Å². The van der Waals surface area contributed by atoms with Crippen LogP contribution in [0.5, 0.6) is 5.75 Å². The topological polar surface area (TPSA) is 55.8 Å². The number of ether oxygens (including phenoxy) is 2. The van der Waals surface area contributed by atoms with Gasteiger partial charge in [0.05, 0.1) is 12.0 Å². The first-order valence-electron chi connectivity index (χ1n) is 6.53. The Morgan fingerprint density at radius 2 is 2.13 bits per heavy atom. The summed E-state index contributed by atoms with van der Waals surface area (Å²) in [6.07, 6.45) is 6.84. The monoisotopic (exact) mass is 347 g/mol. The van der Waals surface area contributed by atoms with E-state index in [-0.39, 0.29) is 19.1 Å². The molecule has 1 heterocycles. The van der Waals surface area contributed by atoms with Crippen molar-refractivity contribution in [1.29, 1.82) is 0 Å². The van der Waals surface area contributed by atoms with Crippen LogP contribution in [0.3, 0.4) is 0 Å². The number of carbonyl (C=O) groups excluding carboxylic acids is 2. The predicted octanol–water partition coefficient (Wildman–Crippen LogP) is 2.07. The highest BCUT2D eigenvalue weighted by Crippen LogP contribution is 2.32. The lowest BCUT2D eigenvalue weighted by molar-refractivity contribution is -0.143. The summed E-state index contributed by atoms with van der Waals surface area (Å²) in [6, 6.07) is 7.13. The Kier molecular flexibility index (Phi) is 5.79. The summed E-state index contributed by atoms with van der Waals surface area (Å²) < 4.78 is 10.2. The van der Waals surface area contributed by atoms with Crippen molar-refractivity contribution in [2.24, 2.45) is 0 Å². The van der Waals surface area contributed by atoms with Gasteiger partial charge in [-0.25, -0.2) is 0 Å². The molecule has 7 heteroatoms. The Morgan fingerprint density at radius 1 is 1.43 bits per heavy atom. The summed E-state index contributed by atoms with van der Waals surface area (Å²) in [5.74, 6) is 2.21. The number of hydrogen-bond acceptors (Lipinski definition) is 6. The van der Waals surface area contributed by atoms with Gasteiger partial charge < -0.3 is 9.47 Å². The quantitative estimate of drug-likeness (QED) is 0.352. The lowest BCUT2D eigenvalue weighted by Crippen LogP contribution is -2.33. The first-order valence-corrected chi connectivity index (χ1v) is 7.76. The van der Waals surface area contributed by atoms with Gasteiger partial charge in [0.25, 0.3) is 5.91 Å². The number of nitrogens with zero attached hydrogens (tertiary/aromatic N) is 1. The number of methoxy groups -OCH3 is 1. The maximum absolute atomic E-state index is 12.3. The summed E-state index contributed by atoms with van der Waals surface area (Å²) in [5.41, 5.74) is 0.816. The van der Waals surface area contributed by atoms with E-state index in [9.17, 15) is 9.59 Å². The number of amides is 1. The second kappa shape index (κ2) is 7.81. The van der Waals surface area contributed by atoms with Crippen LogP contribution in [0.2, 0.25) is 0 Å². The van der Waals surface area contributed by atoms with Gasteiger partial charge in [0.15, 0.2) is 0 Å². The first-order chi connectivity index (χ1) is 11.0. The van der Waals surface area contributed by atoms with Gasteiger partial charge in [-0.05, 0) is 23.8 Å². The molecule has 1 aliphatic heterocycles. The molecular formula is C16H13NO4S2. The second-order valence-corrected chi connectivity index (χ2v) is 6.08. The SMILES string of the molecule is C#CCOc1ccc(/C=C2\SC(=S)N(CC(=O)OC)C2=O)cc1. The lowest BCUT2D eigenvalue weighted by atomic mass is 10.2. The summed E-state index contributed by atoms with van der Waals surface area (Å²) in [5, 5.41) is 0. The zero-order chi connectivity index (χ0) is 16.8. The standard InChI is InChI=1S/C16H13NO4S2/c1-3-8-21-12-6-4-11(5-7-12)9-13-15(19)17(16(22)23-13)10-14(18)20-2/h1,4-7,9H,8,10H2,2H3/b13-9-. The largest absolute Gasteiger partial charge is 0.481 e. The Bertz CT molecular complexity index is 704. The number of hydrogen-bond donors (Lipinski definition) is 0. The van der Waals surface area contributed by atoms with Crippen molar-refractivity contribution in [2.45, 2.75) is 0 Å². The summed E-state index contributed by atoms with van der Waals surface area (Å²) >= 11 is 6.28. The summed E-state index contributed by atoms with van der Waals surface area (Å²) in [7, 11) is 1.26. The van der Waals surface area contributed by atoms with Crippen LogP contribution in [0.15, 0.2) is 29.2 Å². The van der Waals surface area contributed by atoms with Crippen molar-refractivity contribution in [1.82, 2.24) is 4.90 Å². The number of thiocarbonyl (C=S) groups is 1. The summed E-state index contributed by atoms with van der Waals surface area (Å²) in [6.45, 7) is 0.0168. The lowest BCUT2D eigenvalue weighted by Gasteiger charge is -2.11. The van der Waals surface area contributed by atoms with Crippen LogP contribution in [-0.4, -0.2) is 41.4 Å². The molecule has 0 spiro atoms. The molecule has 0 unspecified atom stereocenters. The van der Waals surface area contributed by atoms with Crippen LogP contribution in [0.4, 0.5) is 0 Å². The molecule has 1 aromatic carbocycles. The fourth-order valence-corrected chi connectivity index (χ4v) is 3.02. The Hall–Kier alpha value is -2.30. The van der Waals surface area contributed by atoms with Crippen molar-refractivity contribution >= 4 is 46.3 Å². The van der Waals surface area contributed by atoms with Gasteiger partial charge in [0.1, 0.15) is 23.2 Å². The van der Waals surface area contributed by atoms with Gasteiger partial charge in [-0.15, -0.1) is 6.42 Å². The van der Waals surface area contributed by atoms with Crippen molar-refractivity contribution in [3.8, 4) is 18.1 Å². The molecule has 1 amide bonds. The normalized spacial score (nSPS) is 15.7. The van der Waals surface area contributed by atoms with E-state index in [0.717, 1.165) is 17.3 Å². The first kappa shape index (κ1) is 17.1. The fourth-order valence-electron chi connectivity index (χ4n) is 1.77. The minimum absolute atomic E-state index is 0.183. The van der Waals surface area contributed by atoms with Crippen LogP contribution < -0.4 is 4.74 Å². The molecule has 5 nitrogen and oxygen atoms in total. The molecular weight excluding hydrogens is 334 g/mol. The molecule has 0 saturated carbocycles. The average molecular weight is 347 g/mol. The molecule has 2 rings (SSSR count). The highest BCUT2D eigenvalue weighted by atomic mass is 32.2. The van der Waals surface area contributed by atoms with E-state index in [4.69, 9.17) is 23.4 Å². The van der Waals surface area contributed by atoms with Crippen molar-refractivity contribution in [3.05, 3.63) is 34.7 Å². The minimum atomic E-state index is -0.516. The molecule has 0 radical (unpaired) electrons. The molecule has 1 fully saturated rings. The highest BCUT2D eigenvalue weighted by Gasteiger charge is 2.33. The van der Waals surface area contributed by atoms with Gasteiger partial charge in [0.2, 0.25) is 0 Å². The molecule has 0 aromatic heterocycles. The molecule has 0 aliphatic carbocycles. The number of thioether (sulfide) groups is 1. The van der Waals surface area contributed by atoms with Crippen molar-refractivity contribution in [2.75, 3.05) is 20.3 Å². The van der Waals surface area contributed by atoms with Gasteiger partial charge >= 0.3 is 5.97 Å². The number of carbonyl (C=O) groups is 2. The van der Waals surface area contributed by atoms with Crippen LogP contribution in [0.25, 0.3) is 6.08 Å². The maximum Gasteiger partial charge on any atom is 0.325 e. The van der Waals surface area contributed by atoms with E-state index in [1.807, 2.05) is 0 Å². The number of rotatable bonds is 5. The van der Waals surface area contributed by atoms with E-state index in [1.165, 1.54) is 12.0 Å². The third-order valence-corrected chi connectivity index (χ3v) is 4.27. The van der Waals surface area contributed by atoms with Crippen LogP contribution in [0.1, 0.15) is 5.56 Å². The zero-order valence-corrected chi connectivity index (χ0v) is 13.9. The predicted molar refractivity (Wildman–Crippen MR) is 92.7 cm³/mol. The van der Waals surface area contributed by atoms with E-state index < -0.39 is 5.97 Å². The van der Waals surface area contributed by atoms with Gasteiger partial charge in [-0.3, -0.25) is 14.5 Å². The van der Waals surface area contributed by atoms with Crippen LogP contribution in [-0.2, 0) is 14.3 Å². The maximum atomic E-state index is 12.3. The molecule has 1 aromatic rings. The Morgan fingerprint density at radius 3 is 2.74 bits per heavy atom. The van der Waals surface area contributed by atoms with Crippen molar-refractivity contribution in [3.63, 3.8) is 0 Å². The molecule has 118 valence electrons. The molecule has 0 bridgehead atoms.